The molecule has 1 N–H and O–H groups in total. The van der Waals surface area contributed by atoms with Crippen molar-refractivity contribution in [3.8, 4) is 5.75 Å². The van der Waals surface area contributed by atoms with Crippen LogP contribution in [0.2, 0.25) is 0 Å². The molecular weight excluding hydrogens is 260 g/mol. The molecule has 2 aromatic rings. The number of likely N-dealkylation sites (N-methyl/N-ethyl adjacent to an activating group) is 1. The Morgan fingerprint density at radius 1 is 1.14 bits per heavy atom. The smallest absolute Gasteiger partial charge is 0.119 e. The number of hydrogen-bond donors (Lipinski definition) is 1. The van der Waals surface area contributed by atoms with Crippen LogP contribution in [0.3, 0.4) is 0 Å². The van der Waals surface area contributed by atoms with Gasteiger partial charge in [-0.25, -0.2) is 0 Å². The lowest BCUT2D eigenvalue weighted by atomic mass is 9.90. The quantitative estimate of drug-likeness (QED) is 0.933. The molecule has 0 fully saturated rings. The average Bonchev–Trinajstić information content (AvgIpc) is 2.55. The van der Waals surface area contributed by atoms with Gasteiger partial charge in [0.05, 0.1) is 7.11 Å². The van der Waals surface area contributed by atoms with Gasteiger partial charge in [0.2, 0.25) is 0 Å². The summed E-state index contributed by atoms with van der Waals surface area (Å²) in [5.74, 6) is 1.43. The molecule has 1 atom stereocenters. The molecule has 1 aliphatic rings. The molecule has 3 nitrogen and oxygen atoms in total. The number of nitrogens with zero attached hydrogens (tertiary/aromatic N) is 1. The van der Waals surface area contributed by atoms with Crippen LogP contribution in [0, 0.1) is 0 Å². The van der Waals surface area contributed by atoms with Crippen LogP contribution in [0.15, 0.2) is 48.5 Å². The van der Waals surface area contributed by atoms with Crippen LogP contribution in [0.4, 0.5) is 5.69 Å². The van der Waals surface area contributed by atoms with Crippen LogP contribution >= 0.6 is 0 Å². The van der Waals surface area contributed by atoms with E-state index in [9.17, 15) is 0 Å². The summed E-state index contributed by atoms with van der Waals surface area (Å²) in [6.45, 7) is 3.03. The maximum absolute atomic E-state index is 5.22. The van der Waals surface area contributed by atoms with Gasteiger partial charge in [0.25, 0.3) is 0 Å². The lowest BCUT2D eigenvalue weighted by Crippen LogP contribution is -2.35. The SMILES string of the molecule is COc1ccc(N(C)CC2CNCc3ccccc32)cc1. The highest BCUT2D eigenvalue weighted by atomic mass is 16.5. The van der Waals surface area contributed by atoms with Crippen molar-refractivity contribution < 1.29 is 4.74 Å². The van der Waals surface area contributed by atoms with Gasteiger partial charge in [0.1, 0.15) is 5.75 Å². The first-order valence-electron chi connectivity index (χ1n) is 7.41. The molecule has 3 heteroatoms. The molecule has 1 aliphatic heterocycles. The van der Waals surface area contributed by atoms with Gasteiger partial charge in [-0.2, -0.15) is 0 Å². The molecule has 0 saturated carbocycles. The van der Waals surface area contributed by atoms with Gasteiger partial charge in [-0.3, -0.25) is 0 Å². The number of anilines is 1. The summed E-state index contributed by atoms with van der Waals surface area (Å²) >= 11 is 0. The maximum Gasteiger partial charge on any atom is 0.119 e. The zero-order valence-electron chi connectivity index (χ0n) is 12.7. The number of ether oxygens (including phenoxy) is 1. The molecule has 2 aromatic carbocycles. The minimum Gasteiger partial charge on any atom is -0.497 e. The molecule has 0 radical (unpaired) electrons. The van der Waals surface area contributed by atoms with Crippen molar-refractivity contribution in [3.63, 3.8) is 0 Å². The van der Waals surface area contributed by atoms with Gasteiger partial charge < -0.3 is 15.0 Å². The Morgan fingerprint density at radius 3 is 2.67 bits per heavy atom. The van der Waals surface area contributed by atoms with Crippen LogP contribution in [-0.4, -0.2) is 27.2 Å². The van der Waals surface area contributed by atoms with Gasteiger partial charge >= 0.3 is 0 Å². The van der Waals surface area contributed by atoms with Gasteiger partial charge in [-0.1, -0.05) is 24.3 Å². The van der Waals surface area contributed by atoms with E-state index in [1.165, 1.54) is 16.8 Å². The number of fused-ring (bicyclic) bond motifs is 1. The van der Waals surface area contributed by atoms with Crippen molar-refractivity contribution >= 4 is 5.69 Å². The first kappa shape index (κ1) is 14.0. The molecule has 110 valence electrons. The Labute approximate surface area is 126 Å². The summed E-state index contributed by atoms with van der Waals surface area (Å²) in [6.07, 6.45) is 0. The van der Waals surface area contributed by atoms with Gasteiger partial charge in [-0.05, 0) is 35.4 Å². The van der Waals surface area contributed by atoms with Crippen molar-refractivity contribution in [2.24, 2.45) is 0 Å². The second kappa shape index (κ2) is 6.19. The highest BCUT2D eigenvalue weighted by molar-refractivity contribution is 5.49. The summed E-state index contributed by atoms with van der Waals surface area (Å²) in [4.78, 5) is 2.31. The number of rotatable bonds is 4. The summed E-state index contributed by atoms with van der Waals surface area (Å²) in [6, 6.07) is 17.0. The lowest BCUT2D eigenvalue weighted by Gasteiger charge is -2.31. The fourth-order valence-electron chi connectivity index (χ4n) is 3.02. The largest absolute Gasteiger partial charge is 0.497 e. The van der Waals surface area contributed by atoms with Gasteiger partial charge in [0.15, 0.2) is 0 Å². The molecule has 0 spiro atoms. The van der Waals surface area contributed by atoms with Crippen LogP contribution < -0.4 is 15.0 Å². The molecule has 0 aromatic heterocycles. The molecule has 1 heterocycles. The number of hydrogen-bond acceptors (Lipinski definition) is 3. The van der Waals surface area contributed by atoms with Crippen molar-refractivity contribution in [2.45, 2.75) is 12.5 Å². The van der Waals surface area contributed by atoms with Crippen LogP contribution in [-0.2, 0) is 6.54 Å². The Balaban J connectivity index is 1.74. The van der Waals surface area contributed by atoms with Crippen LogP contribution in [0.5, 0.6) is 5.75 Å². The lowest BCUT2D eigenvalue weighted by molar-refractivity contribution is 0.415. The molecule has 1 unspecified atom stereocenters. The van der Waals surface area contributed by atoms with E-state index in [4.69, 9.17) is 4.74 Å². The predicted molar refractivity (Wildman–Crippen MR) is 87.2 cm³/mol. The van der Waals surface area contributed by atoms with Crippen molar-refractivity contribution in [3.05, 3.63) is 59.7 Å². The van der Waals surface area contributed by atoms with E-state index < -0.39 is 0 Å². The van der Waals surface area contributed by atoms with E-state index in [1.54, 1.807) is 7.11 Å². The number of benzene rings is 2. The minimum absolute atomic E-state index is 0.530. The van der Waals surface area contributed by atoms with E-state index >= 15 is 0 Å². The van der Waals surface area contributed by atoms with Crippen molar-refractivity contribution in [2.75, 3.05) is 32.1 Å². The second-order valence-corrected chi connectivity index (χ2v) is 5.61. The van der Waals surface area contributed by atoms with E-state index in [-0.39, 0.29) is 0 Å². The average molecular weight is 282 g/mol. The fraction of sp³-hybridized carbons (Fsp3) is 0.333. The number of methoxy groups -OCH3 is 1. The molecule has 0 amide bonds. The van der Waals surface area contributed by atoms with Crippen LogP contribution in [0.1, 0.15) is 17.0 Å². The Hall–Kier alpha value is -2.00. The van der Waals surface area contributed by atoms with E-state index in [0.717, 1.165) is 25.4 Å². The standard InChI is InChI=1S/C18H22N2O/c1-20(16-7-9-17(21-2)10-8-16)13-15-12-19-11-14-5-3-4-6-18(14)15/h3-10,15,19H,11-13H2,1-2H3. The third kappa shape index (κ3) is 3.03. The summed E-state index contributed by atoms with van der Waals surface area (Å²) in [5, 5.41) is 3.52. The zero-order valence-corrected chi connectivity index (χ0v) is 12.7. The van der Waals surface area contributed by atoms with Gasteiger partial charge in [-0.15, -0.1) is 0 Å². The first-order valence-corrected chi connectivity index (χ1v) is 7.41. The monoisotopic (exact) mass is 282 g/mol. The van der Waals surface area contributed by atoms with Crippen molar-refractivity contribution in [1.82, 2.24) is 5.32 Å². The minimum atomic E-state index is 0.530. The summed E-state index contributed by atoms with van der Waals surface area (Å²) in [7, 11) is 3.85. The molecule has 0 saturated heterocycles. The molecule has 0 bridgehead atoms. The van der Waals surface area contributed by atoms with Gasteiger partial charge in [0, 0.05) is 38.3 Å². The van der Waals surface area contributed by atoms with Crippen LogP contribution in [0.25, 0.3) is 0 Å². The van der Waals surface area contributed by atoms with E-state index in [2.05, 4.69) is 53.7 Å². The van der Waals surface area contributed by atoms with E-state index in [1.807, 2.05) is 12.1 Å². The number of nitrogens with one attached hydrogen (secondary N) is 1. The summed E-state index contributed by atoms with van der Waals surface area (Å²) < 4.78 is 5.22. The Morgan fingerprint density at radius 2 is 1.90 bits per heavy atom. The zero-order chi connectivity index (χ0) is 14.7. The molecule has 21 heavy (non-hydrogen) atoms. The molecule has 3 rings (SSSR count). The third-order valence-electron chi connectivity index (χ3n) is 4.21. The Kier molecular flexibility index (Phi) is 4.11. The normalized spacial score (nSPS) is 17.1. The summed E-state index contributed by atoms with van der Waals surface area (Å²) in [5.41, 5.74) is 4.13. The predicted octanol–water partition coefficient (Wildman–Crippen LogP) is 3.02. The third-order valence-corrected chi connectivity index (χ3v) is 4.21. The fourth-order valence-corrected chi connectivity index (χ4v) is 3.02. The van der Waals surface area contributed by atoms with Crippen molar-refractivity contribution in [1.29, 1.82) is 0 Å². The first-order chi connectivity index (χ1) is 10.3. The topological polar surface area (TPSA) is 24.5 Å². The molecule has 0 aliphatic carbocycles. The second-order valence-electron chi connectivity index (χ2n) is 5.61. The maximum atomic E-state index is 5.22. The van der Waals surface area contributed by atoms with E-state index in [0.29, 0.717) is 5.92 Å². The highest BCUT2D eigenvalue weighted by Crippen LogP contribution is 2.26. The Bertz CT molecular complexity index is 594. The highest BCUT2D eigenvalue weighted by Gasteiger charge is 2.20. The molecular formula is C18H22N2O.